The van der Waals surface area contributed by atoms with Gasteiger partial charge in [0, 0.05) is 18.3 Å². The van der Waals surface area contributed by atoms with Crippen molar-refractivity contribution in [3.8, 4) is 5.75 Å². The van der Waals surface area contributed by atoms with E-state index in [4.69, 9.17) is 21.6 Å². The molecule has 0 radical (unpaired) electrons. The van der Waals surface area contributed by atoms with Crippen molar-refractivity contribution in [2.45, 2.75) is 26.5 Å². The van der Waals surface area contributed by atoms with E-state index in [-0.39, 0.29) is 18.5 Å². The van der Waals surface area contributed by atoms with Gasteiger partial charge < -0.3 is 9.30 Å². The van der Waals surface area contributed by atoms with Gasteiger partial charge in [-0.15, -0.1) is 0 Å². The lowest BCUT2D eigenvalue weighted by atomic mass is 10.1. The lowest BCUT2D eigenvalue weighted by Crippen LogP contribution is -2.18. The Kier molecular flexibility index (Phi) is 7.46. The maximum Gasteiger partial charge on any atom is 0.210 e. The van der Waals surface area contributed by atoms with E-state index in [1.807, 2.05) is 78.4 Å². The van der Waals surface area contributed by atoms with Gasteiger partial charge in [0.1, 0.15) is 24.2 Å². The Balaban J connectivity index is 1.72. The topological polar surface area (TPSA) is 60.7 Å². The van der Waals surface area contributed by atoms with E-state index in [1.165, 1.54) is 0 Å². The number of hydrogen-bond donors (Lipinski definition) is 1. The van der Waals surface area contributed by atoms with E-state index in [0.717, 1.165) is 11.1 Å². The second-order valence-corrected chi connectivity index (χ2v) is 7.47. The molecule has 6 heteroatoms. The molecule has 1 heterocycles. The summed E-state index contributed by atoms with van der Waals surface area (Å²) in [5.74, 6) is 0.579. The zero-order valence-corrected chi connectivity index (χ0v) is 17.7. The number of nitrogens with zero attached hydrogens (tertiary/aromatic N) is 1. The first-order valence-corrected chi connectivity index (χ1v) is 10.0. The van der Waals surface area contributed by atoms with Gasteiger partial charge in [-0.3, -0.25) is 10.1 Å². The Hall–Kier alpha value is -2.86. The number of carbonyl (C=O) groups is 1. The fourth-order valence-electron chi connectivity index (χ4n) is 3.04. The molecule has 0 spiro atoms. The van der Waals surface area contributed by atoms with Gasteiger partial charge in [-0.25, -0.2) is 4.89 Å². The van der Waals surface area contributed by atoms with Crippen molar-refractivity contribution < 1.29 is 19.7 Å². The molecular weight excluding hydrogens is 402 g/mol. The molecule has 0 aliphatic heterocycles. The highest BCUT2D eigenvalue weighted by molar-refractivity contribution is 6.34. The Morgan fingerprint density at radius 1 is 1.20 bits per heavy atom. The molecule has 1 atom stereocenters. The summed E-state index contributed by atoms with van der Waals surface area (Å²) in [6.45, 7) is 4.38. The summed E-state index contributed by atoms with van der Waals surface area (Å²) < 4.78 is 7.52. The quantitative estimate of drug-likeness (QED) is 0.273. The van der Waals surface area contributed by atoms with Crippen LogP contribution in [-0.2, 0) is 11.4 Å². The molecule has 2 aromatic carbocycles. The van der Waals surface area contributed by atoms with E-state index < -0.39 is 0 Å². The molecule has 0 aliphatic rings. The van der Waals surface area contributed by atoms with Gasteiger partial charge in [0.15, 0.2) is 0 Å². The van der Waals surface area contributed by atoms with Crippen molar-refractivity contribution in [3.63, 3.8) is 0 Å². The van der Waals surface area contributed by atoms with Gasteiger partial charge in [-0.2, -0.15) is 0 Å². The molecule has 3 aromatic rings. The third kappa shape index (κ3) is 5.60. The molecule has 0 saturated carbocycles. The van der Waals surface area contributed by atoms with Crippen LogP contribution in [0.3, 0.4) is 0 Å². The van der Waals surface area contributed by atoms with Crippen LogP contribution in [0.2, 0.25) is 5.02 Å². The number of benzene rings is 2. The summed E-state index contributed by atoms with van der Waals surface area (Å²) >= 11 is 6.30. The third-order valence-corrected chi connectivity index (χ3v) is 4.87. The molecule has 0 aliphatic carbocycles. The van der Waals surface area contributed by atoms with Gasteiger partial charge in [-0.05, 0) is 37.6 Å². The van der Waals surface area contributed by atoms with Crippen molar-refractivity contribution in [2.24, 2.45) is 0 Å². The molecule has 1 N–H and O–H groups in total. The van der Waals surface area contributed by atoms with Crippen LogP contribution in [0.5, 0.6) is 5.75 Å². The summed E-state index contributed by atoms with van der Waals surface area (Å²) in [6, 6.07) is 16.8. The summed E-state index contributed by atoms with van der Waals surface area (Å²) in [6.07, 6.45) is 5.45. The van der Waals surface area contributed by atoms with Crippen molar-refractivity contribution in [2.75, 3.05) is 6.61 Å². The van der Waals surface area contributed by atoms with Crippen molar-refractivity contribution >= 4 is 23.5 Å². The van der Waals surface area contributed by atoms with Gasteiger partial charge >= 0.3 is 0 Å². The molecule has 0 unspecified atom stereocenters. The van der Waals surface area contributed by atoms with Crippen LogP contribution in [-0.4, -0.2) is 28.3 Å². The number of hydrogen-bond acceptors (Lipinski definition) is 4. The first-order chi connectivity index (χ1) is 14.5. The van der Waals surface area contributed by atoms with Crippen LogP contribution in [0.4, 0.5) is 0 Å². The highest BCUT2D eigenvalue weighted by Gasteiger charge is 2.17. The van der Waals surface area contributed by atoms with Crippen molar-refractivity contribution in [1.82, 2.24) is 4.57 Å². The van der Waals surface area contributed by atoms with Crippen LogP contribution in [0.15, 0.2) is 66.9 Å². The van der Waals surface area contributed by atoms with Crippen molar-refractivity contribution in [1.29, 1.82) is 0 Å². The molecule has 3 rings (SSSR count). The summed E-state index contributed by atoms with van der Waals surface area (Å²) in [4.78, 5) is 17.0. The number of ether oxygens (including phenoxy) is 1. The minimum atomic E-state index is -0.272. The van der Waals surface area contributed by atoms with Crippen LogP contribution in [0.25, 0.3) is 6.08 Å². The number of aryl methyl sites for hydroxylation is 1. The van der Waals surface area contributed by atoms with Gasteiger partial charge in [0.2, 0.25) is 5.78 Å². The summed E-state index contributed by atoms with van der Waals surface area (Å²) in [5, 5.41) is 8.95. The predicted molar refractivity (Wildman–Crippen MR) is 118 cm³/mol. The maximum absolute atomic E-state index is 12.9. The van der Waals surface area contributed by atoms with Gasteiger partial charge in [0.05, 0.1) is 5.02 Å². The smallest absolute Gasteiger partial charge is 0.210 e. The molecule has 0 fully saturated rings. The van der Waals surface area contributed by atoms with Gasteiger partial charge in [-0.1, -0.05) is 65.7 Å². The first-order valence-electron chi connectivity index (χ1n) is 9.63. The number of carbonyl (C=O) groups excluding carboxylic acids is 1. The molecule has 0 saturated heterocycles. The molecule has 0 amide bonds. The second-order valence-electron chi connectivity index (χ2n) is 7.06. The third-order valence-electron chi connectivity index (χ3n) is 4.56. The molecule has 5 nitrogen and oxygen atoms in total. The predicted octanol–water partition coefficient (Wildman–Crippen LogP) is 5.65. The molecule has 0 bridgehead atoms. The second kappa shape index (κ2) is 10.3. The highest BCUT2D eigenvalue weighted by atomic mass is 35.5. The monoisotopic (exact) mass is 425 g/mol. The lowest BCUT2D eigenvalue weighted by Gasteiger charge is -2.13. The number of rotatable bonds is 9. The lowest BCUT2D eigenvalue weighted by molar-refractivity contribution is -0.253. The molecule has 156 valence electrons. The van der Waals surface area contributed by atoms with E-state index in [1.54, 1.807) is 13.0 Å². The van der Waals surface area contributed by atoms with Crippen LogP contribution < -0.4 is 4.74 Å². The van der Waals surface area contributed by atoms with E-state index in [0.29, 0.717) is 28.6 Å². The van der Waals surface area contributed by atoms with Gasteiger partial charge in [0.25, 0.3) is 0 Å². The van der Waals surface area contributed by atoms with Crippen molar-refractivity contribution in [3.05, 3.63) is 94.3 Å². The van der Waals surface area contributed by atoms with E-state index in [9.17, 15) is 4.79 Å². The molecule has 30 heavy (non-hydrogen) atoms. The fraction of sp³-hybridized carbons (Fsp3) is 0.208. The first kappa shape index (κ1) is 21.8. The Labute approximate surface area is 181 Å². The number of ketones is 1. The number of halogens is 1. The average molecular weight is 426 g/mol. The maximum atomic E-state index is 12.9. The zero-order chi connectivity index (χ0) is 21.5. The minimum absolute atomic E-state index is 0.0895. The molecule has 1 aromatic heterocycles. The SMILES string of the molecule is Cc1ccc(C(=O)c2c(Cl)ccn2C/C=C/c2cccc(O[C@@H](C)COO)c2)cc1. The number of aromatic nitrogens is 1. The normalized spacial score (nSPS) is 12.3. The Bertz CT molecular complexity index is 1020. The summed E-state index contributed by atoms with van der Waals surface area (Å²) in [7, 11) is 0. The highest BCUT2D eigenvalue weighted by Crippen LogP contribution is 2.22. The van der Waals surface area contributed by atoms with E-state index in [2.05, 4.69) is 4.89 Å². The molecular formula is C24H24ClNO4. The Morgan fingerprint density at radius 2 is 1.97 bits per heavy atom. The largest absolute Gasteiger partial charge is 0.488 e. The van der Waals surface area contributed by atoms with Crippen LogP contribution in [0, 0.1) is 6.92 Å². The van der Waals surface area contributed by atoms with Crippen LogP contribution >= 0.6 is 11.6 Å². The standard InChI is InChI=1S/C24H24ClNO4/c1-17-8-10-20(11-9-17)24(27)23-22(25)12-14-26(23)13-4-6-19-5-3-7-21(15-19)30-18(2)16-29-28/h3-12,14-15,18,28H,13,16H2,1-2H3/b6-4+/t18-/m0/s1. The minimum Gasteiger partial charge on any atom is -0.488 e. The fourth-order valence-corrected chi connectivity index (χ4v) is 3.29. The Morgan fingerprint density at radius 3 is 2.70 bits per heavy atom. The summed E-state index contributed by atoms with van der Waals surface area (Å²) in [5.41, 5.74) is 3.13. The van der Waals surface area contributed by atoms with Crippen LogP contribution in [0.1, 0.15) is 34.1 Å². The number of allylic oxidation sites excluding steroid dienone is 1. The zero-order valence-electron chi connectivity index (χ0n) is 16.9. The van der Waals surface area contributed by atoms with E-state index >= 15 is 0 Å². The average Bonchev–Trinajstić information content (AvgIpc) is 3.09.